The average Bonchev–Trinajstić information content (AvgIpc) is 2.75. The van der Waals surface area contributed by atoms with Gasteiger partial charge >= 0.3 is 0 Å². The number of carbonyl (C=O) groups excluding carboxylic acids is 2. The summed E-state index contributed by atoms with van der Waals surface area (Å²) in [6, 6.07) is 12.8. The number of benzene rings is 2. The summed E-state index contributed by atoms with van der Waals surface area (Å²) in [5, 5.41) is 3.83. The fraction of sp³-hybridized carbons (Fsp3) is 0.417. The highest BCUT2D eigenvalue weighted by molar-refractivity contribution is 7.92. The molecule has 1 atom stereocenters. The third kappa shape index (κ3) is 8.18. The predicted molar refractivity (Wildman–Crippen MR) is 138 cm³/mol. The number of anilines is 1. The summed E-state index contributed by atoms with van der Waals surface area (Å²) in [6.07, 6.45) is 1.45. The lowest BCUT2D eigenvalue weighted by molar-refractivity contribution is -0.140. The molecule has 34 heavy (non-hydrogen) atoms. The smallest absolute Gasteiger partial charge is 0.242 e. The van der Waals surface area contributed by atoms with E-state index in [0.29, 0.717) is 15.7 Å². The van der Waals surface area contributed by atoms with Gasteiger partial charge in [-0.25, -0.2) is 8.42 Å². The van der Waals surface area contributed by atoms with Crippen molar-refractivity contribution in [3.05, 3.63) is 64.1 Å². The third-order valence-electron chi connectivity index (χ3n) is 5.16. The van der Waals surface area contributed by atoms with E-state index < -0.39 is 16.1 Å². The molecule has 1 unspecified atom stereocenters. The van der Waals surface area contributed by atoms with Crippen LogP contribution in [0.4, 0.5) is 5.69 Å². The van der Waals surface area contributed by atoms with E-state index in [9.17, 15) is 18.0 Å². The van der Waals surface area contributed by atoms with Gasteiger partial charge in [-0.3, -0.25) is 13.9 Å². The quantitative estimate of drug-likeness (QED) is 0.466. The lowest BCUT2D eigenvalue weighted by atomic mass is 10.1. The molecule has 7 nitrogen and oxygen atoms in total. The van der Waals surface area contributed by atoms with Crippen molar-refractivity contribution in [1.82, 2.24) is 10.2 Å². The van der Waals surface area contributed by atoms with Gasteiger partial charge < -0.3 is 10.2 Å². The molecule has 0 aliphatic rings. The maximum atomic E-state index is 13.2. The second-order valence-corrected chi connectivity index (χ2v) is 11.1. The van der Waals surface area contributed by atoms with Gasteiger partial charge in [-0.2, -0.15) is 0 Å². The van der Waals surface area contributed by atoms with E-state index in [1.807, 2.05) is 26.0 Å². The topological polar surface area (TPSA) is 86.8 Å². The summed E-state index contributed by atoms with van der Waals surface area (Å²) in [5.41, 5.74) is 1.19. The van der Waals surface area contributed by atoms with Gasteiger partial charge in [0.1, 0.15) is 6.04 Å². The minimum Gasteiger partial charge on any atom is -0.352 e. The molecule has 0 saturated carbocycles. The number of rotatable bonds is 11. The minimum atomic E-state index is -3.56. The van der Waals surface area contributed by atoms with Crippen LogP contribution in [0.3, 0.4) is 0 Å². The first-order valence-electron chi connectivity index (χ1n) is 11.0. The Morgan fingerprint density at radius 3 is 2.18 bits per heavy atom. The molecule has 10 heteroatoms. The number of nitrogens with one attached hydrogen (secondary N) is 1. The Labute approximate surface area is 212 Å². The zero-order valence-electron chi connectivity index (χ0n) is 19.8. The van der Waals surface area contributed by atoms with Crippen molar-refractivity contribution >= 4 is 50.7 Å². The van der Waals surface area contributed by atoms with Gasteiger partial charge in [0.25, 0.3) is 0 Å². The van der Waals surface area contributed by atoms with Gasteiger partial charge in [0.2, 0.25) is 21.8 Å². The average molecular weight is 529 g/mol. The van der Waals surface area contributed by atoms with Crippen LogP contribution >= 0.6 is 23.2 Å². The molecule has 1 N–H and O–H groups in total. The van der Waals surface area contributed by atoms with Crippen LogP contribution in [0.1, 0.15) is 39.2 Å². The first kappa shape index (κ1) is 28.0. The minimum absolute atomic E-state index is 0.0589. The second kappa shape index (κ2) is 12.4. The second-order valence-electron chi connectivity index (χ2n) is 8.37. The first-order chi connectivity index (χ1) is 15.9. The van der Waals surface area contributed by atoms with Crippen LogP contribution < -0.4 is 9.62 Å². The highest BCUT2D eigenvalue weighted by atomic mass is 35.5. The molecule has 0 spiro atoms. The Kier molecular flexibility index (Phi) is 10.2. The number of hydrogen-bond donors (Lipinski definition) is 1. The van der Waals surface area contributed by atoms with E-state index in [2.05, 4.69) is 5.32 Å². The van der Waals surface area contributed by atoms with Crippen LogP contribution in [0.5, 0.6) is 0 Å². The Bertz CT molecular complexity index is 1090. The van der Waals surface area contributed by atoms with Crippen LogP contribution in [0.25, 0.3) is 0 Å². The zero-order valence-corrected chi connectivity index (χ0v) is 22.1. The van der Waals surface area contributed by atoms with Gasteiger partial charge in [-0.1, -0.05) is 41.4 Å². The number of carbonyl (C=O) groups is 2. The van der Waals surface area contributed by atoms with Crippen LogP contribution in [0.2, 0.25) is 10.0 Å². The van der Waals surface area contributed by atoms with Crippen molar-refractivity contribution < 1.29 is 18.0 Å². The molecule has 0 radical (unpaired) electrons. The number of nitrogens with zero attached hydrogens (tertiary/aromatic N) is 2. The van der Waals surface area contributed by atoms with Gasteiger partial charge in [0.15, 0.2) is 0 Å². The van der Waals surface area contributed by atoms with Gasteiger partial charge in [0, 0.05) is 35.6 Å². The largest absolute Gasteiger partial charge is 0.352 e. The fourth-order valence-electron chi connectivity index (χ4n) is 3.41. The monoisotopic (exact) mass is 527 g/mol. The van der Waals surface area contributed by atoms with Crippen molar-refractivity contribution in [1.29, 1.82) is 0 Å². The van der Waals surface area contributed by atoms with Gasteiger partial charge in [0.05, 0.1) is 11.9 Å². The van der Waals surface area contributed by atoms with E-state index in [4.69, 9.17) is 23.2 Å². The summed E-state index contributed by atoms with van der Waals surface area (Å²) in [4.78, 5) is 27.4. The molecule has 2 aromatic rings. The summed E-state index contributed by atoms with van der Waals surface area (Å²) in [7, 11) is -3.56. The molecule has 0 heterocycles. The van der Waals surface area contributed by atoms with Crippen LogP contribution in [0, 0.1) is 0 Å². The third-order valence-corrected chi connectivity index (χ3v) is 6.98. The molecule has 2 rings (SSSR count). The van der Waals surface area contributed by atoms with Gasteiger partial charge in [-0.15, -0.1) is 0 Å². The molecule has 0 aliphatic carbocycles. The lowest BCUT2D eigenvalue weighted by Gasteiger charge is -2.30. The predicted octanol–water partition coefficient (Wildman–Crippen LogP) is 4.48. The number of halogens is 2. The van der Waals surface area contributed by atoms with E-state index in [1.54, 1.807) is 43.3 Å². The fourth-order valence-corrected chi connectivity index (χ4v) is 4.70. The molecule has 0 fully saturated rings. The van der Waals surface area contributed by atoms with E-state index in [0.717, 1.165) is 11.8 Å². The number of sulfonamides is 1. The van der Waals surface area contributed by atoms with E-state index in [-0.39, 0.29) is 43.8 Å². The molecule has 0 saturated heterocycles. The van der Waals surface area contributed by atoms with Crippen molar-refractivity contribution in [2.75, 3.05) is 17.1 Å². The SMILES string of the molecule is CC(C)NC(=O)C(C)N(Cc1ccccc1Cl)C(=O)CCCN(c1ccc(Cl)cc1)S(C)(=O)=O. The Balaban J connectivity index is 2.17. The van der Waals surface area contributed by atoms with Crippen LogP contribution in [0.15, 0.2) is 48.5 Å². The maximum absolute atomic E-state index is 13.2. The van der Waals surface area contributed by atoms with Crippen molar-refractivity contribution in [2.24, 2.45) is 0 Å². The maximum Gasteiger partial charge on any atom is 0.242 e. The molecule has 186 valence electrons. The zero-order chi connectivity index (χ0) is 25.5. The molecular formula is C24H31Cl2N3O4S. The molecule has 2 amide bonds. The van der Waals surface area contributed by atoms with Crippen LogP contribution in [-0.2, 0) is 26.2 Å². The van der Waals surface area contributed by atoms with E-state index >= 15 is 0 Å². The molecule has 2 aromatic carbocycles. The highest BCUT2D eigenvalue weighted by Gasteiger charge is 2.27. The van der Waals surface area contributed by atoms with Crippen molar-refractivity contribution in [2.45, 2.75) is 52.2 Å². The summed E-state index contributed by atoms with van der Waals surface area (Å²) < 4.78 is 25.9. The summed E-state index contributed by atoms with van der Waals surface area (Å²) in [5.74, 6) is -0.537. The molecule has 0 aromatic heterocycles. The Morgan fingerprint density at radius 2 is 1.62 bits per heavy atom. The molecule has 0 bridgehead atoms. The Morgan fingerprint density at radius 1 is 1.00 bits per heavy atom. The highest BCUT2D eigenvalue weighted by Crippen LogP contribution is 2.22. The first-order valence-corrected chi connectivity index (χ1v) is 13.6. The summed E-state index contributed by atoms with van der Waals surface area (Å²) >= 11 is 12.2. The standard InChI is InChI=1S/C24H31Cl2N3O4S/c1-17(2)27-24(31)18(3)28(16-19-8-5-6-9-22(19)26)23(30)10-7-15-29(34(4,32)33)21-13-11-20(25)12-14-21/h5-6,8-9,11-14,17-18H,7,10,15-16H2,1-4H3,(H,27,31). The normalized spacial score (nSPS) is 12.3. The van der Waals surface area contributed by atoms with Gasteiger partial charge in [-0.05, 0) is 63.1 Å². The lowest BCUT2D eigenvalue weighted by Crippen LogP contribution is -2.49. The van der Waals surface area contributed by atoms with E-state index in [1.165, 1.54) is 9.21 Å². The van der Waals surface area contributed by atoms with Crippen molar-refractivity contribution in [3.8, 4) is 0 Å². The number of hydrogen-bond acceptors (Lipinski definition) is 4. The molecular weight excluding hydrogens is 497 g/mol. The van der Waals surface area contributed by atoms with Crippen molar-refractivity contribution in [3.63, 3.8) is 0 Å². The number of amides is 2. The van der Waals surface area contributed by atoms with Crippen LogP contribution in [-0.4, -0.2) is 50.0 Å². The Hall–Kier alpha value is -2.29. The summed E-state index contributed by atoms with van der Waals surface area (Å²) in [6.45, 7) is 5.64. The molecule has 0 aliphatic heterocycles.